The van der Waals surface area contributed by atoms with Gasteiger partial charge < -0.3 is 10.6 Å². The summed E-state index contributed by atoms with van der Waals surface area (Å²) in [4.78, 5) is 14.9. The van der Waals surface area contributed by atoms with Crippen LogP contribution < -0.4 is 5.73 Å². The molecule has 21 heavy (non-hydrogen) atoms. The van der Waals surface area contributed by atoms with Gasteiger partial charge in [-0.1, -0.05) is 30.7 Å². The molecule has 0 heterocycles. The van der Waals surface area contributed by atoms with E-state index in [0.717, 1.165) is 24.4 Å². The standard InChI is InChI=1S/C18H26N2O/c1-2-20(12-16-6-4-3-5-15(16)11-19)18(21)17-10-13-7-8-14(17)9-13/h3-6,13-14,17H,2,7-12,19H2,1H3. The van der Waals surface area contributed by atoms with Crippen molar-refractivity contribution in [3.05, 3.63) is 35.4 Å². The molecular formula is C18H26N2O. The Labute approximate surface area is 127 Å². The summed E-state index contributed by atoms with van der Waals surface area (Å²) in [7, 11) is 0. The molecular weight excluding hydrogens is 260 g/mol. The molecule has 2 N–H and O–H groups in total. The number of hydrogen-bond donors (Lipinski definition) is 1. The van der Waals surface area contributed by atoms with Crippen molar-refractivity contribution in [1.82, 2.24) is 4.90 Å². The molecule has 2 aliphatic rings. The highest BCUT2D eigenvalue weighted by molar-refractivity contribution is 5.79. The smallest absolute Gasteiger partial charge is 0.226 e. The van der Waals surface area contributed by atoms with Crippen LogP contribution in [0.1, 0.15) is 43.7 Å². The molecule has 3 heteroatoms. The van der Waals surface area contributed by atoms with Crippen LogP contribution in [0.15, 0.2) is 24.3 Å². The highest BCUT2D eigenvalue weighted by Crippen LogP contribution is 2.48. The van der Waals surface area contributed by atoms with E-state index in [-0.39, 0.29) is 5.92 Å². The second-order valence-electron chi connectivity index (χ2n) is 6.61. The first-order valence-corrected chi connectivity index (χ1v) is 8.28. The third kappa shape index (κ3) is 2.84. The summed E-state index contributed by atoms with van der Waals surface area (Å²) in [5, 5.41) is 0. The molecule has 0 aliphatic heterocycles. The Kier molecular flexibility index (Phi) is 4.29. The lowest BCUT2D eigenvalue weighted by Gasteiger charge is -2.29. The SMILES string of the molecule is CCN(Cc1ccccc1CN)C(=O)C1CC2CCC1C2. The van der Waals surface area contributed by atoms with Crippen LogP contribution in [0, 0.1) is 17.8 Å². The van der Waals surface area contributed by atoms with Crippen LogP contribution in [0.3, 0.4) is 0 Å². The zero-order valence-electron chi connectivity index (χ0n) is 12.9. The maximum atomic E-state index is 12.9. The fourth-order valence-electron chi connectivity index (χ4n) is 4.24. The summed E-state index contributed by atoms with van der Waals surface area (Å²) in [6.45, 7) is 4.11. The van der Waals surface area contributed by atoms with Gasteiger partial charge in [0.15, 0.2) is 0 Å². The molecule has 0 spiro atoms. The van der Waals surface area contributed by atoms with Crippen molar-refractivity contribution in [2.24, 2.45) is 23.5 Å². The molecule has 2 saturated carbocycles. The second-order valence-corrected chi connectivity index (χ2v) is 6.61. The van der Waals surface area contributed by atoms with Gasteiger partial charge in [-0.25, -0.2) is 0 Å². The minimum absolute atomic E-state index is 0.286. The molecule has 0 radical (unpaired) electrons. The first-order chi connectivity index (χ1) is 10.2. The molecule has 3 nitrogen and oxygen atoms in total. The van der Waals surface area contributed by atoms with E-state index in [9.17, 15) is 4.79 Å². The average Bonchev–Trinajstić information content (AvgIpc) is 3.15. The van der Waals surface area contributed by atoms with Gasteiger partial charge in [0, 0.05) is 25.6 Å². The predicted molar refractivity (Wildman–Crippen MR) is 84.4 cm³/mol. The van der Waals surface area contributed by atoms with Gasteiger partial charge in [-0.05, 0) is 49.1 Å². The van der Waals surface area contributed by atoms with Gasteiger partial charge in [-0.3, -0.25) is 4.79 Å². The summed E-state index contributed by atoms with van der Waals surface area (Å²) in [5.41, 5.74) is 8.15. The third-order valence-corrected chi connectivity index (χ3v) is 5.45. The van der Waals surface area contributed by atoms with E-state index in [1.54, 1.807) is 0 Å². The van der Waals surface area contributed by atoms with Crippen molar-refractivity contribution in [2.75, 3.05) is 6.54 Å². The Morgan fingerprint density at radius 3 is 2.57 bits per heavy atom. The van der Waals surface area contributed by atoms with E-state index in [1.807, 2.05) is 17.0 Å². The van der Waals surface area contributed by atoms with Crippen molar-refractivity contribution in [3.8, 4) is 0 Å². The number of amides is 1. The van der Waals surface area contributed by atoms with Crippen LogP contribution in [-0.2, 0) is 17.9 Å². The lowest BCUT2D eigenvalue weighted by atomic mass is 9.87. The van der Waals surface area contributed by atoms with Gasteiger partial charge in [0.05, 0.1) is 0 Å². The average molecular weight is 286 g/mol. The fraction of sp³-hybridized carbons (Fsp3) is 0.611. The van der Waals surface area contributed by atoms with Crippen LogP contribution in [0.2, 0.25) is 0 Å². The molecule has 2 aliphatic carbocycles. The summed E-state index contributed by atoms with van der Waals surface area (Å²) in [5.74, 6) is 2.13. The summed E-state index contributed by atoms with van der Waals surface area (Å²) < 4.78 is 0. The highest BCUT2D eigenvalue weighted by atomic mass is 16.2. The molecule has 0 aromatic heterocycles. The number of hydrogen-bond acceptors (Lipinski definition) is 2. The van der Waals surface area contributed by atoms with E-state index in [4.69, 9.17) is 5.73 Å². The van der Waals surface area contributed by atoms with Crippen molar-refractivity contribution in [3.63, 3.8) is 0 Å². The number of benzene rings is 1. The van der Waals surface area contributed by atoms with Crippen molar-refractivity contribution < 1.29 is 4.79 Å². The number of rotatable bonds is 5. The Bertz CT molecular complexity index is 514. The number of carbonyl (C=O) groups excluding carboxylic acids is 1. The zero-order valence-corrected chi connectivity index (χ0v) is 12.9. The van der Waals surface area contributed by atoms with E-state index in [1.165, 1.54) is 24.8 Å². The molecule has 3 rings (SSSR count). The number of carbonyl (C=O) groups is 1. The fourth-order valence-corrected chi connectivity index (χ4v) is 4.24. The van der Waals surface area contributed by atoms with Gasteiger partial charge in [0.1, 0.15) is 0 Å². The maximum Gasteiger partial charge on any atom is 0.226 e. The Hall–Kier alpha value is -1.35. The minimum Gasteiger partial charge on any atom is -0.338 e. The third-order valence-electron chi connectivity index (χ3n) is 5.45. The van der Waals surface area contributed by atoms with Crippen LogP contribution in [0.5, 0.6) is 0 Å². The lowest BCUT2D eigenvalue weighted by Crippen LogP contribution is -2.38. The van der Waals surface area contributed by atoms with Gasteiger partial charge in [-0.15, -0.1) is 0 Å². The number of nitrogens with two attached hydrogens (primary N) is 1. The Balaban J connectivity index is 1.71. The van der Waals surface area contributed by atoms with Crippen LogP contribution >= 0.6 is 0 Å². The molecule has 1 amide bonds. The zero-order chi connectivity index (χ0) is 14.8. The quantitative estimate of drug-likeness (QED) is 0.904. The highest BCUT2D eigenvalue weighted by Gasteiger charge is 2.44. The summed E-state index contributed by atoms with van der Waals surface area (Å²) >= 11 is 0. The minimum atomic E-state index is 0.286. The lowest BCUT2D eigenvalue weighted by molar-refractivity contribution is -0.137. The van der Waals surface area contributed by atoms with Crippen molar-refractivity contribution in [2.45, 2.75) is 45.7 Å². The normalized spacial score (nSPS) is 27.0. The van der Waals surface area contributed by atoms with Gasteiger partial charge in [0.2, 0.25) is 5.91 Å². The number of nitrogens with zero attached hydrogens (tertiary/aromatic N) is 1. The Morgan fingerprint density at radius 2 is 2.00 bits per heavy atom. The van der Waals surface area contributed by atoms with Crippen LogP contribution in [-0.4, -0.2) is 17.4 Å². The van der Waals surface area contributed by atoms with E-state index in [2.05, 4.69) is 19.1 Å². The Morgan fingerprint density at radius 1 is 1.24 bits per heavy atom. The van der Waals surface area contributed by atoms with E-state index < -0.39 is 0 Å². The monoisotopic (exact) mass is 286 g/mol. The van der Waals surface area contributed by atoms with Gasteiger partial charge in [0.25, 0.3) is 0 Å². The van der Waals surface area contributed by atoms with Crippen molar-refractivity contribution >= 4 is 5.91 Å². The van der Waals surface area contributed by atoms with E-state index >= 15 is 0 Å². The molecule has 1 aromatic carbocycles. The van der Waals surface area contributed by atoms with Crippen LogP contribution in [0.4, 0.5) is 0 Å². The first kappa shape index (κ1) is 14.6. The second kappa shape index (κ2) is 6.18. The largest absolute Gasteiger partial charge is 0.338 e. The molecule has 2 fully saturated rings. The molecule has 2 bridgehead atoms. The van der Waals surface area contributed by atoms with Crippen LogP contribution in [0.25, 0.3) is 0 Å². The topological polar surface area (TPSA) is 46.3 Å². The molecule has 1 aromatic rings. The molecule has 3 atom stereocenters. The molecule has 114 valence electrons. The first-order valence-electron chi connectivity index (χ1n) is 8.28. The summed E-state index contributed by atoms with van der Waals surface area (Å²) in [6, 6.07) is 8.20. The van der Waals surface area contributed by atoms with E-state index in [0.29, 0.717) is 24.9 Å². The van der Waals surface area contributed by atoms with Crippen molar-refractivity contribution in [1.29, 1.82) is 0 Å². The van der Waals surface area contributed by atoms with Gasteiger partial charge >= 0.3 is 0 Å². The summed E-state index contributed by atoms with van der Waals surface area (Å²) in [6.07, 6.45) is 5.01. The molecule has 3 unspecified atom stereocenters. The maximum absolute atomic E-state index is 12.9. The number of fused-ring (bicyclic) bond motifs is 2. The molecule has 0 saturated heterocycles. The van der Waals surface area contributed by atoms with Gasteiger partial charge in [-0.2, -0.15) is 0 Å². The predicted octanol–water partition coefficient (Wildman–Crippen LogP) is 2.93.